The first-order valence-electron chi connectivity index (χ1n) is 9.32. The number of anilines is 1. The molecule has 1 aliphatic rings. The average molecular weight is 366 g/mol. The van der Waals surface area contributed by atoms with Gasteiger partial charge in [0.1, 0.15) is 11.9 Å². The quantitative estimate of drug-likeness (QED) is 0.881. The Balaban J connectivity index is 1.55. The molecule has 0 saturated heterocycles. The zero-order valence-electron chi connectivity index (χ0n) is 16.1. The van der Waals surface area contributed by atoms with Crippen LogP contribution in [0.25, 0.3) is 0 Å². The summed E-state index contributed by atoms with van der Waals surface area (Å²) in [7, 11) is 0. The molecule has 0 saturated carbocycles. The molecular formula is C22H26N2O3. The molecule has 1 heterocycles. The minimum Gasteiger partial charge on any atom is -0.487 e. The third kappa shape index (κ3) is 4.88. The predicted molar refractivity (Wildman–Crippen MR) is 106 cm³/mol. The Kier molecular flexibility index (Phi) is 5.79. The highest BCUT2D eigenvalue weighted by Gasteiger charge is 2.27. The van der Waals surface area contributed by atoms with Crippen LogP contribution in [0.15, 0.2) is 42.5 Å². The van der Waals surface area contributed by atoms with Gasteiger partial charge < -0.3 is 15.0 Å². The van der Waals surface area contributed by atoms with E-state index < -0.39 is 0 Å². The van der Waals surface area contributed by atoms with Gasteiger partial charge in [-0.1, -0.05) is 35.9 Å². The number of nitrogens with zero attached hydrogens (tertiary/aromatic N) is 1. The van der Waals surface area contributed by atoms with Crippen LogP contribution in [0, 0.1) is 13.8 Å². The fraction of sp³-hybridized carbons (Fsp3) is 0.364. The van der Waals surface area contributed by atoms with Crippen LogP contribution in [0.5, 0.6) is 5.75 Å². The molecule has 27 heavy (non-hydrogen) atoms. The standard InChI is InChI=1S/C22H26N2O3/c1-15-4-7-18(8-5-15)13-23-21(25)10-11-22(26)24-14-17(3)27-20-9-6-16(2)12-19(20)24/h4-9,12,17H,10-11,13-14H2,1-3H3,(H,23,25). The Hall–Kier alpha value is -2.82. The lowest BCUT2D eigenvalue weighted by Gasteiger charge is -2.33. The number of rotatable bonds is 5. The van der Waals surface area contributed by atoms with Gasteiger partial charge in [-0.15, -0.1) is 0 Å². The predicted octanol–water partition coefficient (Wildman–Crippen LogP) is 3.51. The van der Waals surface area contributed by atoms with Crippen molar-refractivity contribution in [3.05, 3.63) is 59.2 Å². The summed E-state index contributed by atoms with van der Waals surface area (Å²) in [6, 6.07) is 13.8. The van der Waals surface area contributed by atoms with Crippen LogP contribution in [0.2, 0.25) is 0 Å². The van der Waals surface area contributed by atoms with Gasteiger partial charge in [0.15, 0.2) is 0 Å². The zero-order valence-corrected chi connectivity index (χ0v) is 16.1. The highest BCUT2D eigenvalue weighted by Crippen LogP contribution is 2.34. The summed E-state index contributed by atoms with van der Waals surface area (Å²) in [5, 5.41) is 2.88. The number of aryl methyl sites for hydroxylation is 2. The zero-order chi connectivity index (χ0) is 19.4. The first-order valence-corrected chi connectivity index (χ1v) is 9.32. The lowest BCUT2D eigenvalue weighted by atomic mass is 10.1. The highest BCUT2D eigenvalue weighted by molar-refractivity contribution is 5.97. The number of hydrogen-bond donors (Lipinski definition) is 1. The molecular weight excluding hydrogens is 340 g/mol. The number of nitrogens with one attached hydrogen (secondary N) is 1. The molecule has 0 aliphatic carbocycles. The summed E-state index contributed by atoms with van der Waals surface area (Å²) in [5.74, 6) is 0.550. The summed E-state index contributed by atoms with van der Waals surface area (Å²) in [5.41, 5.74) is 4.09. The van der Waals surface area contributed by atoms with Crippen molar-refractivity contribution >= 4 is 17.5 Å². The van der Waals surface area contributed by atoms with E-state index in [1.54, 1.807) is 4.90 Å². The van der Waals surface area contributed by atoms with Gasteiger partial charge in [0, 0.05) is 19.4 Å². The Bertz CT molecular complexity index is 830. The molecule has 1 atom stereocenters. The van der Waals surface area contributed by atoms with E-state index in [1.165, 1.54) is 5.56 Å². The van der Waals surface area contributed by atoms with E-state index in [0.717, 1.165) is 22.6 Å². The van der Waals surface area contributed by atoms with Crippen molar-refractivity contribution in [1.29, 1.82) is 0 Å². The van der Waals surface area contributed by atoms with Gasteiger partial charge in [-0.25, -0.2) is 0 Å². The number of carbonyl (C=O) groups is 2. The molecule has 2 amide bonds. The molecule has 2 aromatic rings. The molecule has 3 rings (SSSR count). The van der Waals surface area contributed by atoms with Crippen LogP contribution in [0.3, 0.4) is 0 Å². The first-order chi connectivity index (χ1) is 12.9. The summed E-state index contributed by atoms with van der Waals surface area (Å²) in [6.45, 7) is 6.93. The number of fused-ring (bicyclic) bond motifs is 1. The Morgan fingerprint density at radius 1 is 1.07 bits per heavy atom. The van der Waals surface area contributed by atoms with Crippen molar-refractivity contribution in [3.63, 3.8) is 0 Å². The summed E-state index contributed by atoms with van der Waals surface area (Å²) < 4.78 is 5.82. The van der Waals surface area contributed by atoms with Gasteiger partial charge in [0.25, 0.3) is 0 Å². The molecule has 5 heteroatoms. The highest BCUT2D eigenvalue weighted by atomic mass is 16.5. The van der Waals surface area contributed by atoms with Crippen LogP contribution in [-0.2, 0) is 16.1 Å². The second kappa shape index (κ2) is 8.25. The maximum Gasteiger partial charge on any atom is 0.227 e. The van der Waals surface area contributed by atoms with Crippen LogP contribution in [0.1, 0.15) is 36.5 Å². The maximum absolute atomic E-state index is 12.7. The van der Waals surface area contributed by atoms with E-state index >= 15 is 0 Å². The molecule has 0 aromatic heterocycles. The molecule has 0 radical (unpaired) electrons. The fourth-order valence-electron chi connectivity index (χ4n) is 3.13. The van der Waals surface area contributed by atoms with Crippen LogP contribution in [-0.4, -0.2) is 24.5 Å². The lowest BCUT2D eigenvalue weighted by molar-refractivity contribution is -0.125. The van der Waals surface area contributed by atoms with Gasteiger partial charge in [0.05, 0.1) is 12.2 Å². The van der Waals surface area contributed by atoms with Crippen molar-refractivity contribution in [1.82, 2.24) is 5.32 Å². The average Bonchev–Trinajstić information content (AvgIpc) is 2.65. The van der Waals surface area contributed by atoms with E-state index in [4.69, 9.17) is 4.74 Å². The molecule has 0 bridgehead atoms. The molecule has 2 aromatic carbocycles. The Morgan fingerprint density at radius 2 is 1.78 bits per heavy atom. The van der Waals surface area contributed by atoms with Crippen LogP contribution < -0.4 is 15.0 Å². The molecule has 142 valence electrons. The van der Waals surface area contributed by atoms with Crippen molar-refractivity contribution in [3.8, 4) is 5.75 Å². The molecule has 5 nitrogen and oxygen atoms in total. The van der Waals surface area contributed by atoms with E-state index in [9.17, 15) is 9.59 Å². The smallest absolute Gasteiger partial charge is 0.227 e. The van der Waals surface area contributed by atoms with Gasteiger partial charge >= 0.3 is 0 Å². The number of amides is 2. The number of ether oxygens (including phenoxy) is 1. The monoisotopic (exact) mass is 366 g/mol. The minimum atomic E-state index is -0.116. The molecule has 1 aliphatic heterocycles. The van der Waals surface area contributed by atoms with Crippen molar-refractivity contribution in [2.24, 2.45) is 0 Å². The second-order valence-electron chi connectivity index (χ2n) is 7.17. The Morgan fingerprint density at radius 3 is 2.52 bits per heavy atom. The molecule has 0 fully saturated rings. The lowest BCUT2D eigenvalue weighted by Crippen LogP contribution is -2.42. The maximum atomic E-state index is 12.7. The largest absolute Gasteiger partial charge is 0.487 e. The number of hydrogen-bond acceptors (Lipinski definition) is 3. The summed E-state index contributed by atoms with van der Waals surface area (Å²) in [6.07, 6.45) is 0.289. The third-order valence-electron chi connectivity index (χ3n) is 4.65. The van der Waals surface area contributed by atoms with E-state index in [2.05, 4.69) is 5.32 Å². The van der Waals surface area contributed by atoms with Gasteiger partial charge in [-0.05, 0) is 44.0 Å². The van der Waals surface area contributed by atoms with Crippen molar-refractivity contribution < 1.29 is 14.3 Å². The van der Waals surface area contributed by atoms with E-state index in [0.29, 0.717) is 13.1 Å². The minimum absolute atomic E-state index is 0.0533. The summed E-state index contributed by atoms with van der Waals surface area (Å²) in [4.78, 5) is 26.6. The number of carbonyl (C=O) groups excluding carboxylic acids is 2. The normalized spacial score (nSPS) is 15.7. The molecule has 0 spiro atoms. The van der Waals surface area contributed by atoms with Crippen molar-refractivity contribution in [2.45, 2.75) is 46.3 Å². The summed E-state index contributed by atoms with van der Waals surface area (Å²) >= 11 is 0. The Labute approximate surface area is 160 Å². The van der Waals surface area contributed by atoms with E-state index in [-0.39, 0.29) is 30.8 Å². The number of benzene rings is 2. The van der Waals surface area contributed by atoms with Crippen LogP contribution >= 0.6 is 0 Å². The topological polar surface area (TPSA) is 58.6 Å². The van der Waals surface area contributed by atoms with Crippen molar-refractivity contribution in [2.75, 3.05) is 11.4 Å². The van der Waals surface area contributed by atoms with Gasteiger partial charge in [0.2, 0.25) is 11.8 Å². The second-order valence-corrected chi connectivity index (χ2v) is 7.17. The SMILES string of the molecule is Cc1ccc(CNC(=O)CCC(=O)N2CC(C)Oc3ccc(C)cc32)cc1. The van der Waals surface area contributed by atoms with Gasteiger partial charge in [-0.2, -0.15) is 0 Å². The third-order valence-corrected chi connectivity index (χ3v) is 4.65. The van der Waals surface area contributed by atoms with Crippen LogP contribution in [0.4, 0.5) is 5.69 Å². The molecule has 1 N–H and O–H groups in total. The van der Waals surface area contributed by atoms with Gasteiger partial charge in [-0.3, -0.25) is 9.59 Å². The van der Waals surface area contributed by atoms with E-state index in [1.807, 2.05) is 63.2 Å². The molecule has 1 unspecified atom stereocenters. The first kappa shape index (κ1) is 19.0. The fourth-order valence-corrected chi connectivity index (χ4v) is 3.13.